The van der Waals surface area contributed by atoms with Crippen molar-refractivity contribution in [2.24, 2.45) is 5.92 Å². The number of benzene rings is 2. The molecule has 1 unspecified atom stereocenters. The smallest absolute Gasteiger partial charge is 0.265 e. The summed E-state index contributed by atoms with van der Waals surface area (Å²) in [5.74, 6) is -1.01. The molecule has 0 saturated carbocycles. The van der Waals surface area contributed by atoms with Gasteiger partial charge in [0.1, 0.15) is 16.4 Å². The van der Waals surface area contributed by atoms with Crippen LogP contribution in [0.4, 0.5) is 11.4 Å². The molecular weight excluding hydrogens is 456 g/mol. The Balaban J connectivity index is 1.99. The molecular formula is C21H26N2O7S2. The van der Waals surface area contributed by atoms with E-state index in [1.807, 2.05) is 13.8 Å². The molecule has 1 aliphatic rings. The SMILES string of the molecule is CCOc1ccc(N2C(=O)C(C)CS2(=O)=O)cc1S(=O)(=O)Nc1ccc(OC(C)C)cc1. The third-order valence-electron chi connectivity index (χ3n) is 4.59. The van der Waals surface area contributed by atoms with Crippen molar-refractivity contribution in [1.29, 1.82) is 0 Å². The van der Waals surface area contributed by atoms with E-state index in [-0.39, 0.29) is 40.5 Å². The van der Waals surface area contributed by atoms with Crippen LogP contribution in [0.2, 0.25) is 0 Å². The van der Waals surface area contributed by atoms with E-state index < -0.39 is 31.9 Å². The predicted octanol–water partition coefficient (Wildman–Crippen LogP) is 2.99. The van der Waals surface area contributed by atoms with Crippen LogP contribution >= 0.6 is 0 Å². The van der Waals surface area contributed by atoms with Gasteiger partial charge in [0, 0.05) is 5.69 Å². The Bertz CT molecular complexity index is 1210. The summed E-state index contributed by atoms with van der Waals surface area (Å²) >= 11 is 0. The number of carbonyl (C=O) groups is 1. The number of nitrogens with one attached hydrogen (secondary N) is 1. The predicted molar refractivity (Wildman–Crippen MR) is 121 cm³/mol. The number of anilines is 2. The standard InChI is InChI=1S/C21H26N2O7S2/c1-5-29-19-11-8-17(23-21(24)15(4)13-31(23,25)26)12-20(19)32(27,28)22-16-6-9-18(10-7-16)30-14(2)3/h6-12,14-15,22H,5,13H2,1-4H3. The summed E-state index contributed by atoms with van der Waals surface area (Å²) in [5, 5.41) is 0. The van der Waals surface area contributed by atoms with Gasteiger partial charge in [-0.05, 0) is 63.2 Å². The molecule has 1 heterocycles. The van der Waals surface area contributed by atoms with Gasteiger partial charge in [0.15, 0.2) is 0 Å². The molecule has 0 aliphatic carbocycles. The molecule has 0 aromatic heterocycles. The lowest BCUT2D eigenvalue weighted by Gasteiger charge is -2.19. The van der Waals surface area contributed by atoms with E-state index >= 15 is 0 Å². The third-order valence-corrected chi connectivity index (χ3v) is 7.86. The van der Waals surface area contributed by atoms with E-state index in [1.165, 1.54) is 19.1 Å². The largest absolute Gasteiger partial charge is 0.492 e. The minimum atomic E-state index is -4.17. The molecule has 1 atom stereocenters. The zero-order valence-corrected chi connectivity index (χ0v) is 19.9. The van der Waals surface area contributed by atoms with Crippen LogP contribution in [0.3, 0.4) is 0 Å². The maximum Gasteiger partial charge on any atom is 0.265 e. The second-order valence-corrected chi connectivity index (χ2v) is 11.2. The number of rotatable bonds is 8. The van der Waals surface area contributed by atoms with Crippen molar-refractivity contribution in [3.8, 4) is 11.5 Å². The van der Waals surface area contributed by atoms with Crippen LogP contribution in [0.25, 0.3) is 0 Å². The number of amides is 1. The molecule has 1 amide bonds. The molecule has 1 N–H and O–H groups in total. The van der Waals surface area contributed by atoms with E-state index in [2.05, 4.69) is 4.72 Å². The number of sulfonamides is 2. The van der Waals surface area contributed by atoms with Crippen LogP contribution in [-0.2, 0) is 24.8 Å². The maximum atomic E-state index is 13.2. The molecule has 2 aromatic rings. The molecule has 2 aromatic carbocycles. The van der Waals surface area contributed by atoms with Gasteiger partial charge in [0.05, 0.1) is 30.1 Å². The van der Waals surface area contributed by atoms with Gasteiger partial charge in [-0.2, -0.15) is 0 Å². The fraction of sp³-hybridized carbons (Fsp3) is 0.381. The Kier molecular flexibility index (Phi) is 6.70. The molecule has 32 heavy (non-hydrogen) atoms. The number of hydrogen-bond acceptors (Lipinski definition) is 7. The van der Waals surface area contributed by atoms with E-state index in [4.69, 9.17) is 9.47 Å². The number of hydrogen-bond donors (Lipinski definition) is 1. The Labute approximate surface area is 188 Å². The van der Waals surface area contributed by atoms with Crippen LogP contribution in [-0.4, -0.2) is 41.2 Å². The van der Waals surface area contributed by atoms with Crippen LogP contribution in [0.1, 0.15) is 27.7 Å². The lowest BCUT2D eigenvalue weighted by molar-refractivity contribution is -0.119. The summed E-state index contributed by atoms with van der Waals surface area (Å²) in [5.41, 5.74) is 0.233. The van der Waals surface area contributed by atoms with Gasteiger partial charge in [-0.1, -0.05) is 6.92 Å². The molecule has 1 aliphatic heterocycles. The van der Waals surface area contributed by atoms with E-state index in [1.54, 1.807) is 31.2 Å². The summed E-state index contributed by atoms with van der Waals surface area (Å²) in [7, 11) is -8.06. The fourth-order valence-electron chi connectivity index (χ4n) is 3.28. The van der Waals surface area contributed by atoms with Crippen LogP contribution in [0, 0.1) is 5.92 Å². The third kappa shape index (κ3) is 4.99. The molecule has 9 nitrogen and oxygen atoms in total. The molecule has 0 spiro atoms. The fourth-order valence-corrected chi connectivity index (χ4v) is 6.31. The molecule has 0 bridgehead atoms. The second kappa shape index (κ2) is 8.99. The first-order valence-corrected chi connectivity index (χ1v) is 13.2. The monoisotopic (exact) mass is 482 g/mol. The summed E-state index contributed by atoms with van der Waals surface area (Å²) in [6.45, 7) is 7.17. The average molecular weight is 483 g/mol. The van der Waals surface area contributed by atoms with E-state index in [0.717, 1.165) is 6.07 Å². The number of ether oxygens (including phenoxy) is 2. The first-order chi connectivity index (χ1) is 14.9. The van der Waals surface area contributed by atoms with Gasteiger partial charge in [-0.15, -0.1) is 0 Å². The lowest BCUT2D eigenvalue weighted by atomic mass is 10.2. The van der Waals surface area contributed by atoms with Crippen molar-refractivity contribution in [1.82, 2.24) is 0 Å². The first-order valence-electron chi connectivity index (χ1n) is 10.1. The highest BCUT2D eigenvalue weighted by Crippen LogP contribution is 2.35. The Hall–Kier alpha value is -2.79. The van der Waals surface area contributed by atoms with Gasteiger partial charge >= 0.3 is 0 Å². The Morgan fingerprint density at radius 2 is 1.81 bits per heavy atom. The van der Waals surface area contributed by atoms with Gasteiger partial charge in [-0.25, -0.2) is 21.1 Å². The van der Waals surface area contributed by atoms with Crippen LogP contribution < -0.4 is 18.5 Å². The maximum absolute atomic E-state index is 13.2. The highest BCUT2D eigenvalue weighted by atomic mass is 32.2. The van der Waals surface area contributed by atoms with Crippen LogP contribution in [0.5, 0.6) is 11.5 Å². The molecule has 11 heteroatoms. The summed E-state index contributed by atoms with van der Waals surface area (Å²) < 4.78 is 65.3. The summed E-state index contributed by atoms with van der Waals surface area (Å²) in [6, 6.07) is 10.2. The lowest BCUT2D eigenvalue weighted by Crippen LogP contribution is -2.30. The zero-order valence-electron chi connectivity index (χ0n) is 18.2. The average Bonchev–Trinajstić information content (AvgIpc) is 2.90. The summed E-state index contributed by atoms with van der Waals surface area (Å²) in [6.07, 6.45) is -0.0265. The van der Waals surface area contributed by atoms with Gasteiger partial charge in [0.2, 0.25) is 15.9 Å². The zero-order chi connectivity index (χ0) is 23.7. The van der Waals surface area contributed by atoms with Gasteiger partial charge in [0.25, 0.3) is 10.0 Å². The van der Waals surface area contributed by atoms with Gasteiger partial charge in [-0.3, -0.25) is 9.52 Å². The van der Waals surface area contributed by atoms with E-state index in [9.17, 15) is 21.6 Å². The Morgan fingerprint density at radius 3 is 2.34 bits per heavy atom. The minimum absolute atomic E-state index is 0.0265. The highest BCUT2D eigenvalue weighted by molar-refractivity contribution is 7.94. The van der Waals surface area contributed by atoms with Crippen molar-refractivity contribution in [3.63, 3.8) is 0 Å². The number of carbonyl (C=O) groups excluding carboxylic acids is 1. The Morgan fingerprint density at radius 1 is 1.16 bits per heavy atom. The second-order valence-electron chi connectivity index (χ2n) is 7.64. The quantitative estimate of drug-likeness (QED) is 0.614. The molecule has 174 valence electrons. The van der Waals surface area contributed by atoms with Crippen molar-refractivity contribution < 1.29 is 31.1 Å². The highest BCUT2D eigenvalue weighted by Gasteiger charge is 2.42. The normalized spacial score (nSPS) is 18.1. The van der Waals surface area contributed by atoms with Crippen molar-refractivity contribution in [2.75, 3.05) is 21.4 Å². The summed E-state index contributed by atoms with van der Waals surface area (Å²) in [4.78, 5) is 12.2. The molecule has 3 rings (SSSR count). The molecule has 0 radical (unpaired) electrons. The topological polar surface area (TPSA) is 119 Å². The first kappa shape index (κ1) is 23.9. The van der Waals surface area contributed by atoms with Crippen molar-refractivity contribution in [3.05, 3.63) is 42.5 Å². The minimum Gasteiger partial charge on any atom is -0.492 e. The van der Waals surface area contributed by atoms with Crippen molar-refractivity contribution in [2.45, 2.75) is 38.7 Å². The van der Waals surface area contributed by atoms with Crippen LogP contribution in [0.15, 0.2) is 47.4 Å². The number of nitrogens with zero attached hydrogens (tertiary/aromatic N) is 1. The van der Waals surface area contributed by atoms with Crippen molar-refractivity contribution >= 4 is 37.3 Å². The molecule has 1 saturated heterocycles. The van der Waals surface area contributed by atoms with Gasteiger partial charge < -0.3 is 9.47 Å². The molecule has 1 fully saturated rings. The van der Waals surface area contributed by atoms with E-state index in [0.29, 0.717) is 10.1 Å².